The first-order valence-electron chi connectivity index (χ1n) is 4.18. The fourth-order valence-electron chi connectivity index (χ4n) is 0.801. The SMILES string of the molecule is C/C=C(\CC)[N-]CCN(C)C.[Br-].[Mg+2]. The van der Waals surface area contributed by atoms with Gasteiger partial charge in [0.15, 0.2) is 0 Å². The van der Waals surface area contributed by atoms with Crippen LogP contribution >= 0.6 is 0 Å². The number of hydrogen-bond acceptors (Lipinski definition) is 1. The van der Waals surface area contributed by atoms with Crippen molar-refractivity contribution in [2.24, 2.45) is 0 Å². The smallest absolute Gasteiger partial charge is 1.00 e. The molecule has 0 spiro atoms. The molecule has 0 aromatic rings. The Labute approximate surface area is 109 Å². The van der Waals surface area contributed by atoms with E-state index >= 15 is 0 Å². The Kier molecular flexibility index (Phi) is 19.0. The maximum atomic E-state index is 4.42. The van der Waals surface area contributed by atoms with Crippen LogP contribution in [0.5, 0.6) is 0 Å². The molecule has 4 heteroatoms. The zero-order chi connectivity index (χ0) is 8.69. The molecule has 13 heavy (non-hydrogen) atoms. The Morgan fingerprint density at radius 3 is 2.23 bits per heavy atom. The normalized spacial score (nSPS) is 10.4. The summed E-state index contributed by atoms with van der Waals surface area (Å²) in [5.41, 5.74) is 1.21. The summed E-state index contributed by atoms with van der Waals surface area (Å²) >= 11 is 0. The third kappa shape index (κ3) is 12.7. The molecule has 0 aromatic carbocycles. The molecule has 0 aromatic heterocycles. The van der Waals surface area contributed by atoms with E-state index in [2.05, 4.69) is 37.3 Å². The Hall–Kier alpha value is 0.746. The molecular weight excluding hydrogens is 240 g/mol. The van der Waals surface area contributed by atoms with Crippen LogP contribution in [0.2, 0.25) is 0 Å². The summed E-state index contributed by atoms with van der Waals surface area (Å²) in [6.45, 7) is 6.13. The van der Waals surface area contributed by atoms with Gasteiger partial charge in [0, 0.05) is 0 Å². The molecule has 0 bridgehead atoms. The number of allylic oxidation sites excluding steroid dienone is 2. The van der Waals surface area contributed by atoms with Gasteiger partial charge >= 0.3 is 23.1 Å². The van der Waals surface area contributed by atoms with E-state index in [1.165, 1.54) is 5.70 Å². The summed E-state index contributed by atoms with van der Waals surface area (Å²) in [5, 5.41) is 4.42. The third-order valence-corrected chi connectivity index (χ3v) is 1.56. The quantitative estimate of drug-likeness (QED) is 0.571. The first-order valence-corrected chi connectivity index (χ1v) is 4.18. The van der Waals surface area contributed by atoms with Gasteiger partial charge in [-0.3, -0.25) is 0 Å². The van der Waals surface area contributed by atoms with E-state index in [1.54, 1.807) is 0 Å². The van der Waals surface area contributed by atoms with Crippen molar-refractivity contribution >= 4 is 23.1 Å². The van der Waals surface area contributed by atoms with Crippen LogP contribution in [0.15, 0.2) is 11.8 Å². The van der Waals surface area contributed by atoms with Gasteiger partial charge in [-0.1, -0.05) is 13.3 Å². The average molecular weight is 259 g/mol. The Bertz CT molecular complexity index is 127. The van der Waals surface area contributed by atoms with E-state index in [4.69, 9.17) is 0 Å². The number of likely N-dealkylation sites (N-methyl/N-ethyl adjacent to an activating group) is 1. The minimum atomic E-state index is 0. The van der Waals surface area contributed by atoms with Crippen molar-refractivity contribution in [3.63, 3.8) is 0 Å². The van der Waals surface area contributed by atoms with Crippen molar-refractivity contribution in [2.75, 3.05) is 27.2 Å². The topological polar surface area (TPSA) is 17.3 Å². The van der Waals surface area contributed by atoms with E-state index in [0.717, 1.165) is 19.5 Å². The molecule has 74 valence electrons. The summed E-state index contributed by atoms with van der Waals surface area (Å²) in [7, 11) is 4.13. The second-order valence-corrected chi connectivity index (χ2v) is 2.82. The molecule has 0 saturated carbocycles. The van der Waals surface area contributed by atoms with Crippen LogP contribution in [-0.4, -0.2) is 55.1 Å². The molecule has 0 amide bonds. The monoisotopic (exact) mass is 258 g/mol. The first kappa shape index (κ1) is 19.3. The van der Waals surface area contributed by atoms with Crippen molar-refractivity contribution in [2.45, 2.75) is 20.3 Å². The zero-order valence-electron chi connectivity index (χ0n) is 9.18. The zero-order valence-corrected chi connectivity index (χ0v) is 12.2. The number of hydrogen-bond donors (Lipinski definition) is 0. The van der Waals surface area contributed by atoms with Crippen LogP contribution in [-0.2, 0) is 0 Å². The summed E-state index contributed by atoms with van der Waals surface area (Å²) < 4.78 is 0. The van der Waals surface area contributed by atoms with E-state index in [1.807, 2.05) is 6.92 Å². The summed E-state index contributed by atoms with van der Waals surface area (Å²) in [6.07, 6.45) is 3.12. The molecule has 0 atom stereocenters. The molecule has 0 radical (unpaired) electrons. The fraction of sp³-hybridized carbons (Fsp3) is 0.778. The van der Waals surface area contributed by atoms with Crippen LogP contribution in [0.1, 0.15) is 20.3 Å². The molecule has 0 aliphatic heterocycles. The van der Waals surface area contributed by atoms with Gasteiger partial charge < -0.3 is 27.2 Å². The van der Waals surface area contributed by atoms with Crippen LogP contribution < -0.4 is 17.0 Å². The van der Waals surface area contributed by atoms with Crippen molar-refractivity contribution < 1.29 is 17.0 Å². The van der Waals surface area contributed by atoms with Crippen LogP contribution in [0, 0.1) is 0 Å². The first-order chi connectivity index (χ1) is 5.20. The Morgan fingerprint density at radius 1 is 1.38 bits per heavy atom. The number of nitrogens with zero attached hydrogens (tertiary/aromatic N) is 2. The van der Waals surface area contributed by atoms with Gasteiger partial charge in [0.1, 0.15) is 0 Å². The summed E-state index contributed by atoms with van der Waals surface area (Å²) in [6, 6.07) is 0. The van der Waals surface area contributed by atoms with Crippen LogP contribution in [0.3, 0.4) is 0 Å². The molecular formula is C9H19BrMgN2. The third-order valence-electron chi connectivity index (χ3n) is 1.56. The second kappa shape index (κ2) is 12.7. The average Bonchev–Trinajstić information content (AvgIpc) is 1.98. The second-order valence-electron chi connectivity index (χ2n) is 2.82. The molecule has 0 unspecified atom stereocenters. The number of halogens is 1. The van der Waals surface area contributed by atoms with Crippen LogP contribution in [0.25, 0.3) is 5.32 Å². The van der Waals surface area contributed by atoms with Crippen molar-refractivity contribution in [1.29, 1.82) is 0 Å². The fourth-order valence-corrected chi connectivity index (χ4v) is 0.801. The van der Waals surface area contributed by atoms with Crippen LogP contribution in [0.4, 0.5) is 0 Å². The number of rotatable bonds is 5. The minimum Gasteiger partial charge on any atom is -1.00 e. The molecule has 2 nitrogen and oxygen atoms in total. The molecule has 0 N–H and O–H groups in total. The van der Waals surface area contributed by atoms with E-state index in [-0.39, 0.29) is 40.0 Å². The van der Waals surface area contributed by atoms with Gasteiger partial charge in [0.05, 0.1) is 0 Å². The standard InChI is InChI=1S/C9H19N2.BrH.Mg/c1-5-9(6-2)10-7-8-11(3)4;;/h5H,6-8H2,1-4H3;1H;/q-1;;+2/p-1/b9-5+;;. The molecule has 0 heterocycles. The summed E-state index contributed by atoms with van der Waals surface area (Å²) in [5.74, 6) is 0. The predicted molar refractivity (Wildman–Crippen MR) is 56.6 cm³/mol. The maximum absolute atomic E-state index is 4.42. The molecule has 0 aliphatic carbocycles. The van der Waals surface area contributed by atoms with E-state index in [9.17, 15) is 0 Å². The predicted octanol–water partition coefficient (Wildman–Crippen LogP) is -1.14. The van der Waals surface area contributed by atoms with Gasteiger partial charge in [-0.2, -0.15) is 5.70 Å². The van der Waals surface area contributed by atoms with Gasteiger partial charge in [-0.25, -0.2) is 0 Å². The van der Waals surface area contributed by atoms with Crippen molar-refractivity contribution in [1.82, 2.24) is 4.90 Å². The van der Waals surface area contributed by atoms with Gasteiger partial charge in [0.25, 0.3) is 0 Å². The molecule has 0 saturated heterocycles. The maximum Gasteiger partial charge on any atom is 2.00 e. The van der Waals surface area contributed by atoms with Crippen molar-refractivity contribution in [3.8, 4) is 0 Å². The molecule has 0 fully saturated rings. The largest absolute Gasteiger partial charge is 2.00 e. The van der Waals surface area contributed by atoms with E-state index < -0.39 is 0 Å². The molecule has 0 aliphatic rings. The van der Waals surface area contributed by atoms with E-state index in [0.29, 0.717) is 0 Å². The van der Waals surface area contributed by atoms with Gasteiger partial charge in [0.2, 0.25) is 0 Å². The minimum absolute atomic E-state index is 0. The van der Waals surface area contributed by atoms with Gasteiger partial charge in [-0.05, 0) is 27.6 Å². The Morgan fingerprint density at radius 2 is 1.92 bits per heavy atom. The summed E-state index contributed by atoms with van der Waals surface area (Å²) in [4.78, 5) is 2.15. The molecule has 0 rings (SSSR count). The van der Waals surface area contributed by atoms with Crippen molar-refractivity contribution in [3.05, 3.63) is 17.1 Å². The van der Waals surface area contributed by atoms with Gasteiger partial charge in [-0.15, -0.1) is 12.6 Å². The Balaban J connectivity index is -0.000000500.